The number of carbonyl (C=O) groups is 1. The number of rotatable bonds is 6. The SMILES string of the molecule is COc1ccc(C2=N/C(=C/c3ccc(OC)c(C(C)C)c3)C(=O)N2)cc1OC. The second-order valence-corrected chi connectivity index (χ2v) is 6.67. The zero-order valence-electron chi connectivity index (χ0n) is 16.7. The number of carbonyl (C=O) groups excluding carboxylic acids is 1. The van der Waals surface area contributed by atoms with Gasteiger partial charge in [-0.2, -0.15) is 0 Å². The van der Waals surface area contributed by atoms with Crippen molar-refractivity contribution in [3.05, 3.63) is 58.8 Å². The topological polar surface area (TPSA) is 69.2 Å². The predicted molar refractivity (Wildman–Crippen MR) is 109 cm³/mol. The zero-order chi connectivity index (χ0) is 20.3. The van der Waals surface area contributed by atoms with E-state index < -0.39 is 0 Å². The second-order valence-electron chi connectivity index (χ2n) is 6.67. The van der Waals surface area contributed by atoms with Crippen molar-refractivity contribution in [3.8, 4) is 17.2 Å². The Kier molecular flexibility index (Phi) is 5.68. The van der Waals surface area contributed by atoms with Crippen LogP contribution >= 0.6 is 0 Å². The maximum absolute atomic E-state index is 12.4. The molecule has 146 valence electrons. The number of hydrogen-bond acceptors (Lipinski definition) is 5. The number of nitrogens with zero attached hydrogens (tertiary/aromatic N) is 1. The molecule has 1 N–H and O–H groups in total. The predicted octanol–water partition coefficient (Wildman–Crippen LogP) is 3.75. The molecule has 0 spiro atoms. The highest BCUT2D eigenvalue weighted by molar-refractivity contribution is 6.19. The molecule has 0 fully saturated rings. The van der Waals surface area contributed by atoms with Crippen LogP contribution in [-0.2, 0) is 4.79 Å². The molecule has 3 rings (SSSR count). The van der Waals surface area contributed by atoms with Crippen molar-refractivity contribution in [3.63, 3.8) is 0 Å². The molecule has 1 aliphatic heterocycles. The van der Waals surface area contributed by atoms with Crippen LogP contribution in [-0.4, -0.2) is 33.1 Å². The van der Waals surface area contributed by atoms with E-state index in [4.69, 9.17) is 14.2 Å². The smallest absolute Gasteiger partial charge is 0.275 e. The van der Waals surface area contributed by atoms with Crippen molar-refractivity contribution < 1.29 is 19.0 Å². The van der Waals surface area contributed by atoms with Crippen LogP contribution in [0.4, 0.5) is 0 Å². The molecule has 0 radical (unpaired) electrons. The molecule has 0 unspecified atom stereocenters. The number of ether oxygens (including phenoxy) is 3. The Morgan fingerprint density at radius 1 is 0.929 bits per heavy atom. The van der Waals surface area contributed by atoms with Gasteiger partial charge in [0.15, 0.2) is 11.5 Å². The quantitative estimate of drug-likeness (QED) is 0.775. The van der Waals surface area contributed by atoms with Gasteiger partial charge in [0.05, 0.1) is 21.3 Å². The van der Waals surface area contributed by atoms with Crippen molar-refractivity contribution in [1.82, 2.24) is 5.32 Å². The van der Waals surface area contributed by atoms with E-state index in [1.54, 1.807) is 39.5 Å². The molecule has 6 nitrogen and oxygen atoms in total. The molecular weight excluding hydrogens is 356 g/mol. The largest absolute Gasteiger partial charge is 0.496 e. The van der Waals surface area contributed by atoms with Gasteiger partial charge in [0, 0.05) is 5.56 Å². The van der Waals surface area contributed by atoms with Crippen LogP contribution in [0.15, 0.2) is 47.1 Å². The molecule has 0 aliphatic carbocycles. The summed E-state index contributed by atoms with van der Waals surface area (Å²) >= 11 is 0. The Bertz CT molecular complexity index is 961. The summed E-state index contributed by atoms with van der Waals surface area (Å²) < 4.78 is 16.0. The van der Waals surface area contributed by atoms with E-state index in [0.717, 1.165) is 22.4 Å². The molecule has 1 heterocycles. The van der Waals surface area contributed by atoms with Crippen LogP contribution < -0.4 is 19.5 Å². The Morgan fingerprint density at radius 2 is 1.61 bits per heavy atom. The van der Waals surface area contributed by atoms with E-state index in [0.29, 0.717) is 28.9 Å². The van der Waals surface area contributed by atoms with Crippen molar-refractivity contribution in [2.24, 2.45) is 4.99 Å². The van der Waals surface area contributed by atoms with Crippen LogP contribution in [0.25, 0.3) is 6.08 Å². The van der Waals surface area contributed by atoms with E-state index in [2.05, 4.69) is 24.2 Å². The molecule has 0 saturated heterocycles. The summed E-state index contributed by atoms with van der Waals surface area (Å²) in [4.78, 5) is 16.9. The van der Waals surface area contributed by atoms with Gasteiger partial charge in [0.1, 0.15) is 17.3 Å². The summed E-state index contributed by atoms with van der Waals surface area (Å²) in [5.41, 5.74) is 3.07. The molecule has 1 aliphatic rings. The third-order valence-corrected chi connectivity index (χ3v) is 4.53. The van der Waals surface area contributed by atoms with Crippen molar-refractivity contribution in [1.29, 1.82) is 0 Å². The highest BCUT2D eigenvalue weighted by atomic mass is 16.5. The fraction of sp³-hybridized carbons (Fsp3) is 0.273. The van der Waals surface area contributed by atoms with Crippen LogP contribution in [0.5, 0.6) is 17.2 Å². The molecule has 2 aromatic rings. The van der Waals surface area contributed by atoms with Gasteiger partial charge in [-0.15, -0.1) is 0 Å². The Morgan fingerprint density at radius 3 is 2.25 bits per heavy atom. The van der Waals surface area contributed by atoms with E-state index in [1.165, 1.54) is 0 Å². The van der Waals surface area contributed by atoms with Gasteiger partial charge in [-0.05, 0) is 53.5 Å². The Hall–Kier alpha value is -3.28. The molecule has 6 heteroatoms. The van der Waals surface area contributed by atoms with Gasteiger partial charge in [0.25, 0.3) is 5.91 Å². The number of nitrogens with one attached hydrogen (secondary N) is 1. The first-order valence-electron chi connectivity index (χ1n) is 8.99. The minimum atomic E-state index is -0.244. The molecule has 0 bridgehead atoms. The van der Waals surface area contributed by atoms with Gasteiger partial charge in [0.2, 0.25) is 0 Å². The Balaban J connectivity index is 1.95. The Labute approximate surface area is 164 Å². The summed E-state index contributed by atoms with van der Waals surface area (Å²) in [6.07, 6.45) is 1.77. The molecule has 28 heavy (non-hydrogen) atoms. The lowest BCUT2D eigenvalue weighted by atomic mass is 9.99. The monoisotopic (exact) mass is 380 g/mol. The van der Waals surface area contributed by atoms with Gasteiger partial charge in [-0.1, -0.05) is 19.9 Å². The van der Waals surface area contributed by atoms with E-state index in [1.807, 2.05) is 24.3 Å². The van der Waals surface area contributed by atoms with Crippen molar-refractivity contribution in [2.75, 3.05) is 21.3 Å². The molecular formula is C22H24N2O4. The molecule has 0 aromatic heterocycles. The minimum absolute atomic E-state index is 0.244. The van der Waals surface area contributed by atoms with E-state index in [9.17, 15) is 4.79 Å². The lowest BCUT2D eigenvalue weighted by Crippen LogP contribution is -2.24. The fourth-order valence-electron chi connectivity index (χ4n) is 3.04. The van der Waals surface area contributed by atoms with Crippen molar-refractivity contribution >= 4 is 17.8 Å². The van der Waals surface area contributed by atoms with Gasteiger partial charge < -0.3 is 19.5 Å². The minimum Gasteiger partial charge on any atom is -0.496 e. The number of amides is 1. The molecule has 0 saturated carbocycles. The van der Waals surface area contributed by atoms with E-state index in [-0.39, 0.29) is 5.91 Å². The third kappa shape index (κ3) is 3.86. The maximum Gasteiger partial charge on any atom is 0.275 e. The summed E-state index contributed by atoms with van der Waals surface area (Å²) in [6, 6.07) is 11.2. The highest BCUT2D eigenvalue weighted by Crippen LogP contribution is 2.30. The first kappa shape index (κ1) is 19.5. The van der Waals surface area contributed by atoms with Crippen LogP contribution in [0, 0.1) is 0 Å². The number of aliphatic imine (C=N–C) groups is 1. The molecule has 2 aromatic carbocycles. The van der Waals surface area contributed by atoms with Crippen LogP contribution in [0.2, 0.25) is 0 Å². The number of amidine groups is 1. The summed E-state index contributed by atoms with van der Waals surface area (Å²) in [7, 11) is 4.80. The number of methoxy groups -OCH3 is 3. The standard InChI is InChI=1S/C22H24N2O4/c1-13(2)16-10-14(6-8-18(16)26-3)11-17-22(25)24-21(23-17)15-7-9-19(27-4)20(12-15)28-5/h6-13H,1-5H3,(H,23,24,25)/b17-11+. The average Bonchev–Trinajstić information content (AvgIpc) is 3.07. The van der Waals surface area contributed by atoms with Crippen LogP contribution in [0.3, 0.4) is 0 Å². The summed E-state index contributed by atoms with van der Waals surface area (Å²) in [6.45, 7) is 4.20. The highest BCUT2D eigenvalue weighted by Gasteiger charge is 2.22. The number of benzene rings is 2. The molecule has 1 amide bonds. The zero-order valence-corrected chi connectivity index (χ0v) is 16.7. The van der Waals surface area contributed by atoms with E-state index >= 15 is 0 Å². The van der Waals surface area contributed by atoms with Crippen molar-refractivity contribution in [2.45, 2.75) is 19.8 Å². The second kappa shape index (κ2) is 8.17. The van der Waals surface area contributed by atoms with Crippen LogP contribution in [0.1, 0.15) is 36.5 Å². The summed E-state index contributed by atoms with van der Waals surface area (Å²) in [5.74, 6) is 2.57. The summed E-state index contributed by atoms with van der Waals surface area (Å²) in [5, 5.41) is 2.81. The third-order valence-electron chi connectivity index (χ3n) is 4.53. The van der Waals surface area contributed by atoms with Gasteiger partial charge in [-0.3, -0.25) is 4.79 Å². The lowest BCUT2D eigenvalue weighted by molar-refractivity contribution is -0.115. The fourth-order valence-corrected chi connectivity index (χ4v) is 3.04. The first-order valence-corrected chi connectivity index (χ1v) is 8.99. The van der Waals surface area contributed by atoms with Gasteiger partial charge in [-0.25, -0.2) is 4.99 Å². The maximum atomic E-state index is 12.4. The first-order chi connectivity index (χ1) is 13.5. The molecule has 0 atom stereocenters. The lowest BCUT2D eigenvalue weighted by Gasteiger charge is -2.12. The number of hydrogen-bond donors (Lipinski definition) is 1. The average molecular weight is 380 g/mol. The normalized spacial score (nSPS) is 14.9. The van der Waals surface area contributed by atoms with Gasteiger partial charge >= 0.3 is 0 Å².